The van der Waals surface area contributed by atoms with E-state index in [1.54, 1.807) is 4.90 Å². The van der Waals surface area contributed by atoms with Gasteiger partial charge < -0.3 is 14.5 Å². The average molecular weight is 442 g/mol. The van der Waals surface area contributed by atoms with Gasteiger partial charge in [-0.2, -0.15) is 0 Å². The fourth-order valence-electron chi connectivity index (χ4n) is 4.79. The van der Waals surface area contributed by atoms with E-state index in [1.807, 2.05) is 31.2 Å². The zero-order valence-corrected chi connectivity index (χ0v) is 18.0. The lowest BCUT2D eigenvalue weighted by molar-refractivity contribution is -0.135. The Morgan fingerprint density at radius 1 is 1.16 bits per heavy atom. The van der Waals surface area contributed by atoms with Crippen molar-refractivity contribution in [3.63, 3.8) is 0 Å². The molecule has 2 aromatic heterocycles. The van der Waals surface area contributed by atoms with Crippen LogP contribution in [0.1, 0.15) is 66.2 Å². The monoisotopic (exact) mass is 441 g/mol. The molecule has 1 fully saturated rings. The highest BCUT2D eigenvalue weighted by Crippen LogP contribution is 2.41. The minimum absolute atomic E-state index is 0.272. The van der Waals surface area contributed by atoms with Crippen molar-refractivity contribution in [2.45, 2.75) is 57.5 Å². The molecule has 3 aromatic rings. The zero-order chi connectivity index (χ0) is 21.5. The van der Waals surface area contributed by atoms with Gasteiger partial charge in [-0.05, 0) is 56.4 Å². The summed E-state index contributed by atoms with van der Waals surface area (Å²) < 4.78 is 7.34. The molecule has 0 radical (unpaired) electrons. The van der Waals surface area contributed by atoms with E-state index < -0.39 is 6.61 Å². The molecule has 1 aliphatic heterocycles. The molecule has 2 aliphatic rings. The Bertz CT molecular complexity index is 1120. The first-order chi connectivity index (χ1) is 15.0. The molecule has 0 saturated heterocycles. The summed E-state index contributed by atoms with van der Waals surface area (Å²) >= 11 is 6.25. The van der Waals surface area contributed by atoms with E-state index in [0.717, 1.165) is 54.2 Å². The van der Waals surface area contributed by atoms with Crippen molar-refractivity contribution in [1.29, 1.82) is 0 Å². The van der Waals surface area contributed by atoms with Crippen molar-refractivity contribution < 1.29 is 14.4 Å². The maximum atomic E-state index is 12.3. The van der Waals surface area contributed by atoms with E-state index in [9.17, 15) is 9.90 Å². The maximum absolute atomic E-state index is 12.3. The molecule has 8 nitrogen and oxygen atoms in total. The molecule has 3 heterocycles. The molecule has 0 unspecified atom stereocenters. The lowest BCUT2D eigenvalue weighted by atomic mass is 9.80. The molecule has 0 bridgehead atoms. The molecule has 1 N–H and O–H groups in total. The molecule has 1 saturated carbocycles. The second-order valence-electron chi connectivity index (χ2n) is 8.40. The first-order valence-corrected chi connectivity index (χ1v) is 11.0. The number of hydrogen-bond acceptors (Lipinski definition) is 6. The average Bonchev–Trinajstić information content (AvgIpc) is 3.36. The smallest absolute Gasteiger partial charge is 0.248 e. The number of aliphatic hydroxyl groups is 1. The van der Waals surface area contributed by atoms with Crippen LogP contribution in [0.25, 0.3) is 5.69 Å². The van der Waals surface area contributed by atoms with Gasteiger partial charge in [0.15, 0.2) is 5.82 Å². The lowest BCUT2D eigenvalue weighted by Crippen LogP contribution is -2.32. The van der Waals surface area contributed by atoms with E-state index in [2.05, 4.69) is 19.9 Å². The second kappa shape index (κ2) is 8.09. The normalized spacial score (nSPS) is 20.8. The van der Waals surface area contributed by atoms with Gasteiger partial charge in [-0.3, -0.25) is 9.36 Å². The lowest BCUT2D eigenvalue weighted by Gasteiger charge is -2.27. The van der Waals surface area contributed by atoms with Gasteiger partial charge in [-0.25, -0.2) is 0 Å². The van der Waals surface area contributed by atoms with Crippen LogP contribution in [0, 0.1) is 6.92 Å². The second-order valence-corrected chi connectivity index (χ2v) is 8.84. The van der Waals surface area contributed by atoms with Crippen molar-refractivity contribution in [3.8, 4) is 5.69 Å². The number of nitrogens with zero attached hydrogens (tertiary/aromatic N) is 5. The highest BCUT2D eigenvalue weighted by molar-refractivity contribution is 6.30. The van der Waals surface area contributed by atoms with Crippen LogP contribution >= 0.6 is 11.6 Å². The predicted molar refractivity (Wildman–Crippen MR) is 113 cm³/mol. The van der Waals surface area contributed by atoms with Crippen LogP contribution in [0.15, 0.2) is 28.8 Å². The van der Waals surface area contributed by atoms with Gasteiger partial charge in [-0.1, -0.05) is 16.8 Å². The third-order valence-corrected chi connectivity index (χ3v) is 6.61. The molecule has 0 spiro atoms. The number of carbonyl (C=O) groups is 1. The van der Waals surface area contributed by atoms with Gasteiger partial charge in [0.25, 0.3) is 0 Å². The van der Waals surface area contributed by atoms with Gasteiger partial charge in [0, 0.05) is 29.5 Å². The van der Waals surface area contributed by atoms with E-state index in [1.165, 1.54) is 0 Å². The van der Waals surface area contributed by atoms with Crippen molar-refractivity contribution in [2.24, 2.45) is 0 Å². The number of fused-ring (bicyclic) bond motifs is 3. The van der Waals surface area contributed by atoms with Crippen LogP contribution in [0.5, 0.6) is 0 Å². The van der Waals surface area contributed by atoms with Crippen LogP contribution in [-0.4, -0.2) is 42.4 Å². The van der Waals surface area contributed by atoms with Gasteiger partial charge in [0.1, 0.15) is 18.2 Å². The standard InChI is InChI=1S/C22H24ClN5O3/c1-13-8-18(26-31-13)14-2-4-15(5-3-14)22-25-24-20-11-27(21(30)12-29)10-16-9-17(23)6-7-19(16)28(20)22/h6-9,14-15,29H,2-5,10-12H2,1H3/t14-,15-. The van der Waals surface area contributed by atoms with E-state index in [4.69, 9.17) is 16.1 Å². The number of carbonyl (C=O) groups excluding carboxylic acids is 1. The first kappa shape index (κ1) is 20.2. The van der Waals surface area contributed by atoms with Crippen LogP contribution in [0.4, 0.5) is 0 Å². The molecule has 162 valence electrons. The van der Waals surface area contributed by atoms with E-state index in [-0.39, 0.29) is 11.8 Å². The van der Waals surface area contributed by atoms with Gasteiger partial charge >= 0.3 is 0 Å². The molecule has 1 aliphatic carbocycles. The molecule has 1 aromatic carbocycles. The number of hydrogen-bond donors (Lipinski definition) is 1. The summed E-state index contributed by atoms with van der Waals surface area (Å²) in [7, 11) is 0. The Morgan fingerprint density at radius 3 is 2.65 bits per heavy atom. The van der Waals surface area contributed by atoms with Crippen LogP contribution in [0.3, 0.4) is 0 Å². The number of benzene rings is 1. The molecule has 1 amide bonds. The fourth-order valence-corrected chi connectivity index (χ4v) is 4.99. The predicted octanol–water partition coefficient (Wildman–Crippen LogP) is 3.49. The molecule has 9 heteroatoms. The van der Waals surface area contributed by atoms with Crippen LogP contribution < -0.4 is 0 Å². The van der Waals surface area contributed by atoms with Crippen LogP contribution in [-0.2, 0) is 17.9 Å². The summed E-state index contributed by atoms with van der Waals surface area (Å²) in [6.45, 7) is 2.05. The summed E-state index contributed by atoms with van der Waals surface area (Å²) in [5.74, 6) is 2.81. The number of aliphatic hydroxyl groups excluding tert-OH is 1. The third kappa shape index (κ3) is 3.74. The highest BCUT2D eigenvalue weighted by Gasteiger charge is 2.32. The summed E-state index contributed by atoms with van der Waals surface area (Å²) in [6.07, 6.45) is 4.00. The van der Waals surface area contributed by atoms with Crippen molar-refractivity contribution >= 4 is 17.5 Å². The van der Waals surface area contributed by atoms with Crippen molar-refractivity contribution in [3.05, 3.63) is 58.0 Å². The van der Waals surface area contributed by atoms with Crippen molar-refractivity contribution in [2.75, 3.05) is 6.61 Å². The summed E-state index contributed by atoms with van der Waals surface area (Å²) in [4.78, 5) is 13.9. The Morgan fingerprint density at radius 2 is 1.94 bits per heavy atom. The first-order valence-electron chi connectivity index (χ1n) is 10.6. The Labute approximate surface area is 184 Å². The molecular weight excluding hydrogens is 418 g/mol. The molecular formula is C22H24ClN5O3. The third-order valence-electron chi connectivity index (χ3n) is 6.38. The van der Waals surface area contributed by atoms with Gasteiger partial charge in [0.2, 0.25) is 5.91 Å². The Kier molecular flexibility index (Phi) is 5.27. The zero-order valence-electron chi connectivity index (χ0n) is 17.3. The summed E-state index contributed by atoms with van der Waals surface area (Å²) in [5, 5.41) is 23.2. The topological polar surface area (TPSA) is 97.3 Å². The quantitative estimate of drug-likeness (QED) is 0.668. The number of rotatable bonds is 3. The van der Waals surface area contributed by atoms with E-state index >= 15 is 0 Å². The van der Waals surface area contributed by atoms with E-state index in [0.29, 0.717) is 29.9 Å². The maximum Gasteiger partial charge on any atom is 0.248 e. The molecule has 5 rings (SSSR count). The fraction of sp³-hybridized carbons (Fsp3) is 0.455. The van der Waals surface area contributed by atoms with Gasteiger partial charge in [0.05, 0.1) is 17.9 Å². The Balaban J connectivity index is 1.47. The largest absolute Gasteiger partial charge is 0.387 e. The van der Waals surface area contributed by atoms with Crippen LogP contribution in [0.2, 0.25) is 5.02 Å². The molecule has 31 heavy (non-hydrogen) atoms. The number of amides is 1. The SMILES string of the molecule is Cc1cc([C@H]2CC[C@H](c3nnc4n3-c3ccc(Cl)cc3CN(C(=O)CO)C4)CC2)no1. The number of halogens is 1. The number of aromatic nitrogens is 4. The van der Waals surface area contributed by atoms with Crippen molar-refractivity contribution in [1.82, 2.24) is 24.8 Å². The summed E-state index contributed by atoms with van der Waals surface area (Å²) in [6, 6.07) is 7.71. The minimum atomic E-state index is -0.539. The number of aryl methyl sites for hydroxylation is 1. The molecule has 0 atom stereocenters. The van der Waals surface area contributed by atoms with Gasteiger partial charge in [-0.15, -0.1) is 10.2 Å². The highest BCUT2D eigenvalue weighted by atomic mass is 35.5. The summed E-state index contributed by atoms with van der Waals surface area (Å²) in [5.41, 5.74) is 2.90. The minimum Gasteiger partial charge on any atom is -0.387 e. The Hall–Kier alpha value is -2.71.